The fraction of sp³-hybridized carbons (Fsp3) is 0.579. The summed E-state index contributed by atoms with van der Waals surface area (Å²) in [5, 5.41) is 13.8. The molecule has 7 nitrogen and oxygen atoms in total. The van der Waals surface area contributed by atoms with Crippen molar-refractivity contribution in [3.63, 3.8) is 0 Å². The Bertz CT molecular complexity index is 682. The number of methoxy groups -OCH3 is 1. The zero-order valence-electron chi connectivity index (χ0n) is 15.3. The van der Waals surface area contributed by atoms with Gasteiger partial charge in [0.1, 0.15) is 5.75 Å². The summed E-state index contributed by atoms with van der Waals surface area (Å²) in [6.07, 6.45) is 3.75. The van der Waals surface area contributed by atoms with Crippen molar-refractivity contribution in [1.82, 2.24) is 4.90 Å². The van der Waals surface area contributed by atoms with Crippen LogP contribution in [0.2, 0.25) is 0 Å². The van der Waals surface area contributed by atoms with E-state index in [1.165, 1.54) is 4.90 Å². The number of ether oxygens (including phenoxy) is 2. The Morgan fingerprint density at radius 3 is 2.77 bits per heavy atom. The number of rotatable bonds is 5. The SMILES string of the molecule is COc1cccc(NC(=O)CCN2C(=O)OC3(CCCCC3)[C@]2(C)O)c1. The molecule has 2 fully saturated rings. The Hall–Kier alpha value is -2.28. The van der Waals surface area contributed by atoms with Crippen LogP contribution >= 0.6 is 0 Å². The second-order valence-electron chi connectivity index (χ2n) is 7.13. The van der Waals surface area contributed by atoms with Gasteiger partial charge in [0.2, 0.25) is 5.91 Å². The number of nitrogens with one attached hydrogen (secondary N) is 1. The summed E-state index contributed by atoms with van der Waals surface area (Å²) >= 11 is 0. The van der Waals surface area contributed by atoms with E-state index in [0.29, 0.717) is 24.3 Å². The number of benzene rings is 1. The minimum atomic E-state index is -1.40. The van der Waals surface area contributed by atoms with Crippen molar-refractivity contribution in [2.45, 2.75) is 56.8 Å². The standard InChI is InChI=1S/C19H26N2O5/c1-18(24)19(10-4-3-5-11-19)26-17(23)21(18)12-9-16(22)20-14-7-6-8-15(13-14)25-2/h6-8,13,24H,3-5,9-12H2,1-2H3,(H,20,22)/t18-/m0/s1. The highest BCUT2D eigenvalue weighted by atomic mass is 16.6. The lowest BCUT2D eigenvalue weighted by molar-refractivity contribution is -0.159. The van der Waals surface area contributed by atoms with Crippen molar-refractivity contribution in [2.24, 2.45) is 0 Å². The maximum Gasteiger partial charge on any atom is 0.412 e. The van der Waals surface area contributed by atoms with Gasteiger partial charge >= 0.3 is 6.09 Å². The maximum absolute atomic E-state index is 12.3. The molecule has 2 N–H and O–H groups in total. The largest absolute Gasteiger partial charge is 0.497 e. The average molecular weight is 362 g/mol. The number of aliphatic hydroxyl groups is 1. The van der Waals surface area contributed by atoms with E-state index in [4.69, 9.17) is 9.47 Å². The first kappa shape index (κ1) is 18.5. The molecule has 1 aromatic rings. The van der Waals surface area contributed by atoms with Crippen molar-refractivity contribution in [3.8, 4) is 5.75 Å². The van der Waals surface area contributed by atoms with Crippen LogP contribution in [0.1, 0.15) is 45.4 Å². The molecule has 1 saturated carbocycles. The van der Waals surface area contributed by atoms with Crippen molar-refractivity contribution >= 4 is 17.7 Å². The summed E-state index contributed by atoms with van der Waals surface area (Å²) in [7, 11) is 1.56. The molecule has 0 bridgehead atoms. The fourth-order valence-corrected chi connectivity index (χ4v) is 3.89. The summed E-state index contributed by atoms with van der Waals surface area (Å²) in [5.41, 5.74) is -1.64. The lowest BCUT2D eigenvalue weighted by atomic mass is 9.77. The van der Waals surface area contributed by atoms with E-state index < -0.39 is 17.4 Å². The molecule has 1 aliphatic carbocycles. The van der Waals surface area contributed by atoms with E-state index in [2.05, 4.69) is 5.32 Å². The number of carbonyl (C=O) groups is 2. The number of hydrogen-bond acceptors (Lipinski definition) is 5. The highest BCUT2D eigenvalue weighted by Gasteiger charge is 2.61. The van der Waals surface area contributed by atoms with E-state index in [1.54, 1.807) is 38.3 Å². The Morgan fingerprint density at radius 2 is 2.08 bits per heavy atom. The van der Waals surface area contributed by atoms with Gasteiger partial charge < -0.3 is 19.9 Å². The van der Waals surface area contributed by atoms with Gasteiger partial charge in [0.15, 0.2) is 11.3 Å². The van der Waals surface area contributed by atoms with Gasteiger partial charge in [-0.3, -0.25) is 9.69 Å². The van der Waals surface area contributed by atoms with Gasteiger partial charge in [-0.15, -0.1) is 0 Å². The Balaban J connectivity index is 1.61. The molecule has 1 heterocycles. The molecule has 0 aromatic heterocycles. The third-order valence-corrected chi connectivity index (χ3v) is 5.47. The number of amides is 2. The Morgan fingerprint density at radius 1 is 1.35 bits per heavy atom. The second kappa shape index (κ2) is 7.15. The van der Waals surface area contributed by atoms with E-state index in [0.717, 1.165) is 19.3 Å². The number of anilines is 1. The monoisotopic (exact) mass is 362 g/mol. The lowest BCUT2D eigenvalue weighted by Gasteiger charge is -2.42. The molecule has 1 aromatic carbocycles. The van der Waals surface area contributed by atoms with Crippen molar-refractivity contribution in [2.75, 3.05) is 19.0 Å². The molecule has 1 saturated heterocycles. The molecule has 7 heteroatoms. The third kappa shape index (κ3) is 3.35. The summed E-state index contributed by atoms with van der Waals surface area (Å²) in [6.45, 7) is 1.71. The predicted octanol–water partition coefficient (Wildman–Crippen LogP) is 2.89. The molecule has 26 heavy (non-hydrogen) atoms. The van der Waals surface area contributed by atoms with Gasteiger partial charge in [-0.25, -0.2) is 4.79 Å². The summed E-state index contributed by atoms with van der Waals surface area (Å²) in [4.78, 5) is 25.8. The second-order valence-corrected chi connectivity index (χ2v) is 7.13. The topological polar surface area (TPSA) is 88.1 Å². The Kier molecular flexibility index (Phi) is 5.09. The summed E-state index contributed by atoms with van der Waals surface area (Å²) in [5.74, 6) is 0.402. The average Bonchev–Trinajstić information content (AvgIpc) is 2.79. The molecule has 0 radical (unpaired) electrons. The van der Waals surface area contributed by atoms with Crippen LogP contribution in [-0.2, 0) is 9.53 Å². The van der Waals surface area contributed by atoms with Gasteiger partial charge in [0, 0.05) is 24.7 Å². The minimum absolute atomic E-state index is 0.0680. The molecule has 0 unspecified atom stereocenters. The van der Waals surface area contributed by atoms with Crippen LogP contribution in [0.25, 0.3) is 0 Å². The first-order valence-electron chi connectivity index (χ1n) is 9.05. The number of nitrogens with zero attached hydrogens (tertiary/aromatic N) is 1. The maximum atomic E-state index is 12.3. The van der Waals surface area contributed by atoms with Gasteiger partial charge in [-0.2, -0.15) is 0 Å². The summed E-state index contributed by atoms with van der Waals surface area (Å²) < 4.78 is 10.7. The quantitative estimate of drug-likeness (QED) is 0.841. The predicted molar refractivity (Wildman–Crippen MR) is 95.9 cm³/mol. The first-order chi connectivity index (χ1) is 12.4. The highest BCUT2D eigenvalue weighted by Crippen LogP contribution is 2.46. The molecule has 2 aliphatic rings. The smallest absolute Gasteiger partial charge is 0.412 e. The third-order valence-electron chi connectivity index (χ3n) is 5.47. The van der Waals surface area contributed by atoms with Crippen LogP contribution in [0.5, 0.6) is 5.75 Å². The lowest BCUT2D eigenvalue weighted by Crippen LogP contribution is -2.57. The van der Waals surface area contributed by atoms with Crippen molar-refractivity contribution in [3.05, 3.63) is 24.3 Å². The highest BCUT2D eigenvalue weighted by molar-refractivity contribution is 5.91. The normalized spacial score (nSPS) is 24.4. The van der Waals surface area contributed by atoms with Gasteiger partial charge in [-0.1, -0.05) is 12.5 Å². The van der Waals surface area contributed by atoms with Crippen molar-refractivity contribution in [1.29, 1.82) is 0 Å². The zero-order valence-corrected chi connectivity index (χ0v) is 15.3. The molecule has 142 valence electrons. The minimum Gasteiger partial charge on any atom is -0.497 e. The molecule has 2 amide bonds. The molecule has 1 aliphatic heterocycles. The molecule has 1 atom stereocenters. The molecule has 3 rings (SSSR count). The van der Waals surface area contributed by atoms with Crippen LogP contribution in [0.15, 0.2) is 24.3 Å². The Labute approximate surface area is 153 Å². The number of hydrogen-bond donors (Lipinski definition) is 2. The molecule has 1 spiro atoms. The number of carbonyl (C=O) groups excluding carboxylic acids is 2. The van der Waals surface area contributed by atoms with Crippen LogP contribution in [0.3, 0.4) is 0 Å². The van der Waals surface area contributed by atoms with E-state index in [-0.39, 0.29) is 18.9 Å². The van der Waals surface area contributed by atoms with Crippen LogP contribution in [0.4, 0.5) is 10.5 Å². The first-order valence-corrected chi connectivity index (χ1v) is 9.05. The van der Waals surface area contributed by atoms with E-state index in [1.807, 2.05) is 0 Å². The molecular weight excluding hydrogens is 336 g/mol. The molecular formula is C19H26N2O5. The van der Waals surface area contributed by atoms with Crippen LogP contribution in [0, 0.1) is 0 Å². The fourth-order valence-electron chi connectivity index (χ4n) is 3.89. The van der Waals surface area contributed by atoms with Crippen LogP contribution < -0.4 is 10.1 Å². The van der Waals surface area contributed by atoms with Gasteiger partial charge in [0.25, 0.3) is 0 Å². The van der Waals surface area contributed by atoms with Crippen LogP contribution in [-0.4, -0.2) is 47.0 Å². The van der Waals surface area contributed by atoms with Crippen molar-refractivity contribution < 1.29 is 24.2 Å². The van der Waals surface area contributed by atoms with E-state index in [9.17, 15) is 14.7 Å². The zero-order chi connectivity index (χ0) is 18.8. The van der Waals surface area contributed by atoms with Gasteiger partial charge in [0.05, 0.1) is 7.11 Å². The van der Waals surface area contributed by atoms with Gasteiger partial charge in [-0.05, 0) is 44.7 Å². The van der Waals surface area contributed by atoms with E-state index >= 15 is 0 Å². The summed E-state index contributed by atoms with van der Waals surface area (Å²) in [6, 6.07) is 7.05.